The van der Waals surface area contributed by atoms with Crippen LogP contribution in [-0.2, 0) is 19.9 Å². The van der Waals surface area contributed by atoms with Gasteiger partial charge in [0.1, 0.15) is 17.9 Å². The molecule has 3 fully saturated rings. The minimum Gasteiger partial charge on any atom is -0.320 e. The number of imide groups is 1. The molecule has 0 radical (unpaired) electrons. The predicted octanol–water partition coefficient (Wildman–Crippen LogP) is 2.47. The second-order valence-corrected chi connectivity index (χ2v) is 10.3. The third-order valence-corrected chi connectivity index (χ3v) is 8.66. The number of rotatable bonds is 1. The molecule has 34 heavy (non-hydrogen) atoms. The van der Waals surface area contributed by atoms with Crippen LogP contribution < -0.4 is 15.1 Å². The standard InChI is InChI=1S/C28H25N3O3/c1-15-12-16(2)24-20(13-15)28(27(34)29-24)23-22(21-8-5-11-30(21)28)25(32)31(26(23)33)19-10-9-17-6-3-4-7-18(17)14-19/h3-4,6-7,9-10,12-14,21-23H,5,8,11H2,1-2H3,(H,29,34)/p+1/t21-,22+,23-,28-/m0/s1. The molecule has 0 saturated carbocycles. The molecule has 4 aliphatic heterocycles. The molecule has 6 heteroatoms. The molecule has 3 aromatic carbocycles. The Hall–Kier alpha value is -3.51. The monoisotopic (exact) mass is 452 g/mol. The minimum absolute atomic E-state index is 0.0237. The lowest BCUT2D eigenvalue weighted by Crippen LogP contribution is -3.19. The predicted molar refractivity (Wildman–Crippen MR) is 128 cm³/mol. The molecule has 3 amide bonds. The van der Waals surface area contributed by atoms with E-state index in [-0.39, 0.29) is 23.8 Å². The molecular formula is C28H26N3O3+. The summed E-state index contributed by atoms with van der Waals surface area (Å²) in [6.07, 6.45) is 1.81. The Morgan fingerprint density at radius 2 is 1.76 bits per heavy atom. The average molecular weight is 453 g/mol. The number of carbonyl (C=O) groups is 3. The largest absolute Gasteiger partial charge is 0.320 e. The number of fused-ring (bicyclic) bond motifs is 8. The molecule has 6 nitrogen and oxygen atoms in total. The van der Waals surface area contributed by atoms with E-state index >= 15 is 0 Å². The summed E-state index contributed by atoms with van der Waals surface area (Å²) in [5, 5.41) is 5.16. The second kappa shape index (κ2) is 6.54. The van der Waals surface area contributed by atoms with Crippen LogP contribution >= 0.6 is 0 Å². The van der Waals surface area contributed by atoms with Crippen molar-refractivity contribution in [1.82, 2.24) is 0 Å². The van der Waals surface area contributed by atoms with Gasteiger partial charge < -0.3 is 10.2 Å². The Bertz CT molecular complexity index is 1450. The summed E-state index contributed by atoms with van der Waals surface area (Å²) in [5.41, 5.74) is 3.33. The number of quaternary nitrogens is 1. The minimum atomic E-state index is -1.05. The molecule has 3 saturated heterocycles. The molecule has 1 spiro atoms. The molecule has 2 N–H and O–H groups in total. The van der Waals surface area contributed by atoms with E-state index < -0.39 is 17.4 Å². The Labute approximate surface area is 197 Å². The molecular weight excluding hydrogens is 426 g/mol. The molecule has 4 aliphatic rings. The lowest BCUT2D eigenvalue weighted by Gasteiger charge is -2.33. The highest BCUT2D eigenvalue weighted by Gasteiger charge is 2.78. The summed E-state index contributed by atoms with van der Waals surface area (Å²) in [6, 6.07) is 17.7. The van der Waals surface area contributed by atoms with Crippen LogP contribution in [0.2, 0.25) is 0 Å². The third kappa shape index (κ3) is 2.22. The van der Waals surface area contributed by atoms with Crippen molar-refractivity contribution in [3.8, 4) is 0 Å². The summed E-state index contributed by atoms with van der Waals surface area (Å²) in [6.45, 7) is 4.82. The van der Waals surface area contributed by atoms with Crippen molar-refractivity contribution in [1.29, 1.82) is 0 Å². The van der Waals surface area contributed by atoms with Gasteiger partial charge in [0.2, 0.25) is 17.4 Å². The van der Waals surface area contributed by atoms with Crippen LogP contribution in [0, 0.1) is 25.7 Å². The van der Waals surface area contributed by atoms with Crippen molar-refractivity contribution in [2.75, 3.05) is 16.8 Å². The first-order valence-electron chi connectivity index (χ1n) is 12.1. The SMILES string of the molecule is Cc1cc(C)c2c(c1)[C@@]1(C(=O)N2)[C@@H]2C(=O)N(c3ccc4ccccc4c3)C(=O)[C@@H]2[C@@H]2CCC[NH+]21. The van der Waals surface area contributed by atoms with E-state index in [9.17, 15) is 14.4 Å². The van der Waals surface area contributed by atoms with Gasteiger partial charge in [0.15, 0.2) is 0 Å². The summed E-state index contributed by atoms with van der Waals surface area (Å²) >= 11 is 0. The molecule has 5 atom stereocenters. The lowest BCUT2D eigenvalue weighted by atomic mass is 9.75. The number of hydrogen-bond donors (Lipinski definition) is 2. The Morgan fingerprint density at radius 1 is 0.971 bits per heavy atom. The average Bonchev–Trinajstić information content (AvgIpc) is 3.52. The molecule has 0 bridgehead atoms. The third-order valence-electron chi connectivity index (χ3n) is 8.66. The molecule has 1 unspecified atom stereocenters. The van der Waals surface area contributed by atoms with Crippen LogP contribution in [0.1, 0.15) is 29.5 Å². The maximum Gasteiger partial charge on any atom is 0.291 e. The maximum absolute atomic E-state index is 14.2. The highest BCUT2D eigenvalue weighted by molar-refractivity contribution is 6.25. The lowest BCUT2D eigenvalue weighted by molar-refractivity contribution is -0.948. The Morgan fingerprint density at radius 3 is 2.59 bits per heavy atom. The maximum atomic E-state index is 14.2. The first-order chi connectivity index (χ1) is 16.4. The van der Waals surface area contributed by atoms with Crippen molar-refractivity contribution < 1.29 is 19.3 Å². The van der Waals surface area contributed by atoms with Gasteiger partial charge in [0.05, 0.1) is 17.9 Å². The van der Waals surface area contributed by atoms with Gasteiger partial charge in [0, 0.05) is 18.4 Å². The van der Waals surface area contributed by atoms with Crippen LogP contribution in [0.5, 0.6) is 0 Å². The fraction of sp³-hybridized carbons (Fsp3) is 0.321. The molecule has 170 valence electrons. The van der Waals surface area contributed by atoms with Gasteiger partial charge in [-0.25, -0.2) is 4.90 Å². The second-order valence-electron chi connectivity index (χ2n) is 10.3. The molecule has 0 aromatic heterocycles. The van der Waals surface area contributed by atoms with Gasteiger partial charge in [-0.3, -0.25) is 14.4 Å². The van der Waals surface area contributed by atoms with Crippen LogP contribution in [0.25, 0.3) is 10.8 Å². The fourth-order valence-corrected chi connectivity index (χ4v) is 7.49. The summed E-state index contributed by atoms with van der Waals surface area (Å²) in [7, 11) is 0. The summed E-state index contributed by atoms with van der Waals surface area (Å²) < 4.78 is 0. The van der Waals surface area contributed by atoms with Crippen molar-refractivity contribution >= 4 is 39.9 Å². The molecule has 4 heterocycles. The van der Waals surface area contributed by atoms with E-state index in [4.69, 9.17) is 0 Å². The summed E-state index contributed by atoms with van der Waals surface area (Å²) in [5.74, 6) is -1.69. The number of nitrogens with zero attached hydrogens (tertiary/aromatic N) is 1. The van der Waals surface area contributed by atoms with Gasteiger partial charge in [-0.15, -0.1) is 0 Å². The van der Waals surface area contributed by atoms with Gasteiger partial charge in [0.25, 0.3) is 5.91 Å². The molecule has 3 aromatic rings. The zero-order valence-electron chi connectivity index (χ0n) is 19.2. The van der Waals surface area contributed by atoms with Crippen molar-refractivity contribution in [3.63, 3.8) is 0 Å². The van der Waals surface area contributed by atoms with Gasteiger partial charge in [-0.2, -0.15) is 0 Å². The van der Waals surface area contributed by atoms with E-state index in [1.54, 1.807) is 0 Å². The van der Waals surface area contributed by atoms with Crippen LogP contribution in [0.15, 0.2) is 54.6 Å². The summed E-state index contributed by atoms with van der Waals surface area (Å²) in [4.78, 5) is 44.4. The Balaban J connectivity index is 1.43. The number of amides is 3. The zero-order chi connectivity index (χ0) is 23.4. The molecule has 7 rings (SSSR count). The topological polar surface area (TPSA) is 70.9 Å². The zero-order valence-corrected chi connectivity index (χ0v) is 19.2. The number of hydrogen-bond acceptors (Lipinski definition) is 3. The number of aryl methyl sites for hydroxylation is 2. The fourth-order valence-electron chi connectivity index (χ4n) is 7.49. The van der Waals surface area contributed by atoms with E-state index in [0.29, 0.717) is 5.69 Å². The number of anilines is 2. The van der Waals surface area contributed by atoms with Crippen molar-refractivity contribution in [2.24, 2.45) is 11.8 Å². The van der Waals surface area contributed by atoms with Crippen LogP contribution in [-0.4, -0.2) is 30.3 Å². The van der Waals surface area contributed by atoms with Gasteiger partial charge >= 0.3 is 0 Å². The van der Waals surface area contributed by atoms with E-state index in [0.717, 1.165) is 57.4 Å². The first kappa shape index (κ1) is 19.9. The van der Waals surface area contributed by atoms with Crippen molar-refractivity contribution in [2.45, 2.75) is 38.3 Å². The van der Waals surface area contributed by atoms with Gasteiger partial charge in [-0.1, -0.05) is 42.0 Å². The number of carbonyl (C=O) groups excluding carboxylic acids is 3. The highest BCUT2D eigenvalue weighted by atomic mass is 16.2. The normalized spacial score (nSPS) is 31.4. The van der Waals surface area contributed by atoms with E-state index in [1.165, 1.54) is 4.90 Å². The van der Waals surface area contributed by atoms with Crippen LogP contribution in [0.3, 0.4) is 0 Å². The smallest absolute Gasteiger partial charge is 0.291 e. The quantitative estimate of drug-likeness (QED) is 0.558. The number of benzene rings is 3. The van der Waals surface area contributed by atoms with Gasteiger partial charge in [-0.05, 0) is 48.4 Å². The Kier molecular flexibility index (Phi) is 3.83. The van der Waals surface area contributed by atoms with Crippen LogP contribution in [0.4, 0.5) is 11.4 Å². The van der Waals surface area contributed by atoms with E-state index in [2.05, 4.69) is 17.4 Å². The first-order valence-corrected chi connectivity index (χ1v) is 12.1. The van der Waals surface area contributed by atoms with Crippen molar-refractivity contribution in [3.05, 3.63) is 71.3 Å². The number of nitrogens with one attached hydrogen (secondary N) is 2. The molecule has 0 aliphatic carbocycles. The highest BCUT2D eigenvalue weighted by Crippen LogP contribution is 2.53. The van der Waals surface area contributed by atoms with E-state index in [1.807, 2.05) is 56.3 Å².